The summed E-state index contributed by atoms with van der Waals surface area (Å²) in [6.07, 6.45) is 0. The molecule has 0 atom stereocenters. The minimum Gasteiger partial charge on any atom is -0.325 e. The van der Waals surface area contributed by atoms with Crippen molar-refractivity contribution in [3.63, 3.8) is 0 Å². The molecule has 1 heterocycles. The number of aromatic nitrogens is 1. The minimum absolute atomic E-state index is 0.0627. The molecule has 0 radical (unpaired) electrons. The number of fused-ring (bicyclic) bond motifs is 1. The Balaban J connectivity index is 1.39. The van der Waals surface area contributed by atoms with Crippen LogP contribution in [-0.2, 0) is 4.79 Å². The van der Waals surface area contributed by atoms with Gasteiger partial charge in [-0.25, -0.2) is 4.98 Å². The summed E-state index contributed by atoms with van der Waals surface area (Å²) in [5, 5.41) is 5.90. The Morgan fingerprint density at radius 3 is 2.53 bits per heavy atom. The Morgan fingerprint density at radius 1 is 0.938 bits per heavy atom. The summed E-state index contributed by atoms with van der Waals surface area (Å²) in [5.74, 6) is 0.0759. The number of rotatable bonds is 6. The Hall–Kier alpha value is -3.16. The molecule has 2 N–H and O–H groups in total. The monoisotopic (exact) mass is 461 g/mol. The molecule has 4 rings (SSSR count). The highest BCUT2D eigenvalue weighted by molar-refractivity contribution is 8.01. The first kappa shape index (κ1) is 22.0. The number of benzene rings is 3. The molecule has 0 unspecified atom stereocenters. The third-order valence-electron chi connectivity index (χ3n) is 4.89. The zero-order valence-electron chi connectivity index (χ0n) is 18.1. The molecule has 0 bridgehead atoms. The van der Waals surface area contributed by atoms with Crippen LogP contribution in [0.4, 0.5) is 11.4 Å². The van der Waals surface area contributed by atoms with Gasteiger partial charge in [0.25, 0.3) is 5.91 Å². The van der Waals surface area contributed by atoms with Crippen molar-refractivity contribution in [1.29, 1.82) is 0 Å². The number of anilines is 2. The van der Waals surface area contributed by atoms with Gasteiger partial charge in [-0.3, -0.25) is 9.59 Å². The molecule has 2 amide bonds. The van der Waals surface area contributed by atoms with Crippen LogP contribution in [0.1, 0.15) is 27.0 Å². The average molecular weight is 462 g/mol. The maximum absolute atomic E-state index is 12.5. The normalized spacial score (nSPS) is 10.8. The van der Waals surface area contributed by atoms with E-state index in [2.05, 4.69) is 15.6 Å². The molecule has 0 aliphatic carbocycles. The van der Waals surface area contributed by atoms with Crippen LogP contribution in [0.3, 0.4) is 0 Å². The van der Waals surface area contributed by atoms with Crippen molar-refractivity contribution in [3.05, 3.63) is 82.9 Å². The van der Waals surface area contributed by atoms with Crippen LogP contribution < -0.4 is 10.6 Å². The molecule has 0 aliphatic rings. The van der Waals surface area contributed by atoms with Crippen LogP contribution in [-0.4, -0.2) is 22.6 Å². The molecular weight excluding hydrogens is 438 g/mol. The highest BCUT2D eigenvalue weighted by atomic mass is 32.2. The number of aryl methyl sites for hydroxylation is 3. The van der Waals surface area contributed by atoms with Gasteiger partial charge in [-0.2, -0.15) is 0 Å². The second-order valence-corrected chi connectivity index (χ2v) is 9.89. The van der Waals surface area contributed by atoms with E-state index in [-0.39, 0.29) is 17.6 Å². The van der Waals surface area contributed by atoms with E-state index in [4.69, 9.17) is 0 Å². The summed E-state index contributed by atoms with van der Waals surface area (Å²) in [5.41, 5.74) is 6.28. The third kappa shape index (κ3) is 5.36. The second-order valence-electron chi connectivity index (χ2n) is 7.64. The molecule has 1 aromatic heterocycles. The van der Waals surface area contributed by atoms with E-state index in [1.807, 2.05) is 75.4 Å². The smallest absolute Gasteiger partial charge is 0.255 e. The van der Waals surface area contributed by atoms with E-state index < -0.39 is 0 Å². The molecule has 0 saturated heterocycles. The fourth-order valence-corrected chi connectivity index (χ4v) is 5.21. The predicted octanol–water partition coefficient (Wildman–Crippen LogP) is 6.20. The summed E-state index contributed by atoms with van der Waals surface area (Å²) in [4.78, 5) is 29.5. The average Bonchev–Trinajstić information content (AvgIpc) is 3.16. The highest BCUT2D eigenvalue weighted by Gasteiger charge is 2.11. The van der Waals surface area contributed by atoms with Crippen molar-refractivity contribution in [1.82, 2.24) is 4.98 Å². The SMILES string of the molecule is Cc1cccc(C(=O)Nc2ccc3nc(SCC(=O)Nc4ccc(C)cc4C)sc3c2)c1. The number of amides is 2. The lowest BCUT2D eigenvalue weighted by Crippen LogP contribution is -2.14. The lowest BCUT2D eigenvalue weighted by atomic mass is 10.1. The van der Waals surface area contributed by atoms with Gasteiger partial charge in [0, 0.05) is 16.9 Å². The van der Waals surface area contributed by atoms with Crippen LogP contribution in [0.15, 0.2) is 65.0 Å². The van der Waals surface area contributed by atoms with Gasteiger partial charge in [-0.1, -0.05) is 47.2 Å². The quantitative estimate of drug-likeness (QED) is 0.335. The number of carbonyl (C=O) groups is 2. The van der Waals surface area contributed by atoms with Gasteiger partial charge < -0.3 is 10.6 Å². The van der Waals surface area contributed by atoms with Crippen LogP contribution in [0.5, 0.6) is 0 Å². The number of nitrogens with zero attached hydrogens (tertiary/aromatic N) is 1. The van der Waals surface area contributed by atoms with E-state index in [1.54, 1.807) is 6.07 Å². The fraction of sp³-hybridized carbons (Fsp3) is 0.160. The first-order valence-corrected chi connectivity index (χ1v) is 12.0. The summed E-state index contributed by atoms with van der Waals surface area (Å²) in [7, 11) is 0. The van der Waals surface area contributed by atoms with Crippen molar-refractivity contribution < 1.29 is 9.59 Å². The predicted molar refractivity (Wildman–Crippen MR) is 134 cm³/mol. The maximum Gasteiger partial charge on any atom is 0.255 e. The van der Waals surface area contributed by atoms with E-state index in [0.717, 1.165) is 37.1 Å². The molecule has 32 heavy (non-hydrogen) atoms. The van der Waals surface area contributed by atoms with E-state index in [0.29, 0.717) is 5.56 Å². The molecule has 0 fully saturated rings. The summed E-state index contributed by atoms with van der Waals surface area (Å²) in [6, 6.07) is 19.1. The van der Waals surface area contributed by atoms with Crippen molar-refractivity contribution in [2.75, 3.05) is 16.4 Å². The molecule has 4 aromatic rings. The summed E-state index contributed by atoms with van der Waals surface area (Å²) in [6.45, 7) is 5.97. The van der Waals surface area contributed by atoms with Crippen LogP contribution in [0.25, 0.3) is 10.2 Å². The van der Waals surface area contributed by atoms with E-state index in [1.165, 1.54) is 28.7 Å². The van der Waals surface area contributed by atoms with Crippen LogP contribution >= 0.6 is 23.1 Å². The van der Waals surface area contributed by atoms with Crippen LogP contribution in [0, 0.1) is 20.8 Å². The number of hydrogen-bond donors (Lipinski definition) is 2. The summed E-state index contributed by atoms with van der Waals surface area (Å²) >= 11 is 2.92. The molecule has 7 heteroatoms. The van der Waals surface area contributed by atoms with E-state index in [9.17, 15) is 9.59 Å². The zero-order valence-corrected chi connectivity index (χ0v) is 19.7. The summed E-state index contributed by atoms with van der Waals surface area (Å²) < 4.78 is 1.78. The number of nitrogens with one attached hydrogen (secondary N) is 2. The van der Waals surface area contributed by atoms with Gasteiger partial charge in [-0.05, 0) is 62.7 Å². The first-order chi connectivity index (χ1) is 15.4. The fourth-order valence-electron chi connectivity index (χ4n) is 3.30. The first-order valence-electron chi connectivity index (χ1n) is 10.2. The van der Waals surface area contributed by atoms with Gasteiger partial charge in [0.2, 0.25) is 5.91 Å². The third-order valence-corrected chi connectivity index (χ3v) is 7.05. The zero-order chi connectivity index (χ0) is 22.7. The van der Waals surface area contributed by atoms with Crippen LogP contribution in [0.2, 0.25) is 0 Å². The van der Waals surface area contributed by atoms with Gasteiger partial charge in [0.15, 0.2) is 4.34 Å². The Morgan fingerprint density at radius 2 is 1.75 bits per heavy atom. The molecule has 162 valence electrons. The molecule has 0 saturated carbocycles. The van der Waals surface area contributed by atoms with Gasteiger partial charge in [-0.15, -0.1) is 11.3 Å². The van der Waals surface area contributed by atoms with Crippen molar-refractivity contribution in [2.24, 2.45) is 0 Å². The van der Waals surface area contributed by atoms with Gasteiger partial charge >= 0.3 is 0 Å². The van der Waals surface area contributed by atoms with Crippen molar-refractivity contribution in [3.8, 4) is 0 Å². The lowest BCUT2D eigenvalue weighted by Gasteiger charge is -2.08. The lowest BCUT2D eigenvalue weighted by molar-refractivity contribution is -0.113. The number of hydrogen-bond acceptors (Lipinski definition) is 5. The van der Waals surface area contributed by atoms with Crippen molar-refractivity contribution >= 4 is 56.5 Å². The molecule has 0 aliphatic heterocycles. The highest BCUT2D eigenvalue weighted by Crippen LogP contribution is 2.31. The molecule has 5 nitrogen and oxygen atoms in total. The van der Waals surface area contributed by atoms with Gasteiger partial charge in [0.05, 0.1) is 16.0 Å². The molecule has 3 aromatic carbocycles. The van der Waals surface area contributed by atoms with Gasteiger partial charge in [0.1, 0.15) is 0 Å². The molecular formula is C25H23N3O2S2. The van der Waals surface area contributed by atoms with Crippen molar-refractivity contribution in [2.45, 2.75) is 25.1 Å². The van der Waals surface area contributed by atoms with E-state index >= 15 is 0 Å². The Bertz CT molecular complexity index is 1310. The largest absolute Gasteiger partial charge is 0.325 e. The Labute approximate surface area is 195 Å². The number of carbonyl (C=O) groups excluding carboxylic acids is 2. The minimum atomic E-state index is -0.143. The standard InChI is InChI=1S/C25H23N3O2S2/c1-15-5-4-6-18(12-15)24(30)26-19-8-10-21-22(13-19)32-25(28-21)31-14-23(29)27-20-9-7-16(2)11-17(20)3/h4-13H,14H2,1-3H3,(H,26,30)(H,27,29). The Kier molecular flexibility index (Phi) is 6.58. The number of thiazole rings is 1. The topological polar surface area (TPSA) is 71.1 Å². The second kappa shape index (κ2) is 9.54. The number of thioether (sulfide) groups is 1. The maximum atomic E-state index is 12.5. The molecule has 0 spiro atoms.